The molecule has 162 valence electrons. The van der Waals surface area contributed by atoms with Crippen molar-refractivity contribution in [2.24, 2.45) is 0 Å². The topological polar surface area (TPSA) is 73.9 Å². The molecule has 0 atom stereocenters. The monoisotopic (exact) mass is 485 g/mol. The molecular formula is C24H24BrNO5. The third-order valence-electron chi connectivity index (χ3n) is 5.10. The standard InChI is InChI=1S/C24H24BrNO5/c1-14-20(23(27)29-3)22(21(15(2)26-14)24(28)30-4)17-7-11-19(12-8-17)31-13-16-5-9-18(25)10-6-16/h5-12,22,26H,13H2,1-4H3. The average molecular weight is 486 g/mol. The predicted molar refractivity (Wildman–Crippen MR) is 120 cm³/mol. The largest absolute Gasteiger partial charge is 0.489 e. The Morgan fingerprint density at radius 2 is 1.39 bits per heavy atom. The zero-order valence-corrected chi connectivity index (χ0v) is 19.4. The summed E-state index contributed by atoms with van der Waals surface area (Å²) in [5.74, 6) is -0.929. The third-order valence-corrected chi connectivity index (χ3v) is 5.63. The number of esters is 2. The van der Waals surface area contributed by atoms with Crippen LogP contribution in [-0.4, -0.2) is 26.2 Å². The molecule has 0 bridgehead atoms. The van der Waals surface area contributed by atoms with Gasteiger partial charge in [0.2, 0.25) is 0 Å². The quantitative estimate of drug-likeness (QED) is 0.602. The number of hydrogen-bond donors (Lipinski definition) is 1. The number of hydrogen-bond acceptors (Lipinski definition) is 6. The summed E-state index contributed by atoms with van der Waals surface area (Å²) in [4.78, 5) is 25.1. The molecule has 3 rings (SSSR count). The first kappa shape index (κ1) is 22.6. The smallest absolute Gasteiger partial charge is 0.336 e. The summed E-state index contributed by atoms with van der Waals surface area (Å²) >= 11 is 3.42. The van der Waals surface area contributed by atoms with Gasteiger partial charge in [0.15, 0.2) is 0 Å². The second kappa shape index (κ2) is 9.83. The lowest BCUT2D eigenvalue weighted by Crippen LogP contribution is -2.32. The molecule has 2 aromatic carbocycles. The predicted octanol–water partition coefficient (Wildman–Crippen LogP) is 4.61. The highest BCUT2D eigenvalue weighted by Gasteiger charge is 2.37. The lowest BCUT2D eigenvalue weighted by atomic mass is 9.80. The van der Waals surface area contributed by atoms with E-state index in [0.29, 0.717) is 34.9 Å². The normalized spacial score (nSPS) is 14.2. The lowest BCUT2D eigenvalue weighted by Gasteiger charge is -2.30. The molecule has 7 heteroatoms. The van der Waals surface area contributed by atoms with Crippen LogP contribution in [-0.2, 0) is 25.7 Å². The fourth-order valence-electron chi connectivity index (χ4n) is 3.59. The highest BCUT2D eigenvalue weighted by atomic mass is 79.9. The molecule has 1 aliphatic heterocycles. The zero-order chi connectivity index (χ0) is 22.5. The zero-order valence-electron chi connectivity index (χ0n) is 17.8. The molecule has 1 aliphatic rings. The summed E-state index contributed by atoms with van der Waals surface area (Å²) < 4.78 is 16.9. The van der Waals surface area contributed by atoms with Gasteiger partial charge in [0, 0.05) is 15.9 Å². The number of allylic oxidation sites excluding steroid dienone is 2. The van der Waals surface area contributed by atoms with Crippen LogP contribution in [0, 0.1) is 0 Å². The van der Waals surface area contributed by atoms with Crippen LogP contribution in [0.1, 0.15) is 30.9 Å². The molecular weight excluding hydrogens is 462 g/mol. The summed E-state index contributed by atoms with van der Waals surface area (Å²) in [7, 11) is 2.64. The van der Waals surface area contributed by atoms with E-state index in [9.17, 15) is 9.59 Å². The summed E-state index contributed by atoms with van der Waals surface area (Å²) in [5, 5.41) is 3.09. The number of rotatable bonds is 6. The van der Waals surface area contributed by atoms with Gasteiger partial charge >= 0.3 is 11.9 Å². The molecule has 1 heterocycles. The molecule has 31 heavy (non-hydrogen) atoms. The van der Waals surface area contributed by atoms with Crippen LogP contribution in [0.25, 0.3) is 0 Å². The molecule has 0 spiro atoms. The van der Waals surface area contributed by atoms with E-state index in [1.807, 2.05) is 48.5 Å². The summed E-state index contributed by atoms with van der Waals surface area (Å²) in [6, 6.07) is 15.2. The Hall–Kier alpha value is -3.06. The van der Waals surface area contributed by atoms with Crippen LogP contribution in [0.15, 0.2) is 75.5 Å². The van der Waals surface area contributed by atoms with Gasteiger partial charge in [0.25, 0.3) is 0 Å². The Morgan fingerprint density at radius 1 is 0.871 bits per heavy atom. The minimum Gasteiger partial charge on any atom is -0.489 e. The highest BCUT2D eigenvalue weighted by molar-refractivity contribution is 9.10. The van der Waals surface area contributed by atoms with E-state index in [-0.39, 0.29) is 0 Å². The van der Waals surface area contributed by atoms with Crippen LogP contribution >= 0.6 is 15.9 Å². The van der Waals surface area contributed by atoms with Gasteiger partial charge in [-0.2, -0.15) is 0 Å². The highest BCUT2D eigenvalue weighted by Crippen LogP contribution is 2.39. The van der Waals surface area contributed by atoms with Gasteiger partial charge < -0.3 is 19.5 Å². The molecule has 2 aromatic rings. The van der Waals surface area contributed by atoms with E-state index in [1.165, 1.54) is 14.2 Å². The van der Waals surface area contributed by atoms with E-state index in [4.69, 9.17) is 14.2 Å². The van der Waals surface area contributed by atoms with Crippen LogP contribution in [0.3, 0.4) is 0 Å². The van der Waals surface area contributed by atoms with Crippen molar-refractivity contribution in [3.63, 3.8) is 0 Å². The molecule has 0 aromatic heterocycles. The van der Waals surface area contributed by atoms with Crippen molar-refractivity contribution in [2.75, 3.05) is 14.2 Å². The SMILES string of the molecule is COC(=O)C1=C(C)NC(C)=C(C(=O)OC)C1c1ccc(OCc2ccc(Br)cc2)cc1. The van der Waals surface area contributed by atoms with Crippen molar-refractivity contribution in [2.45, 2.75) is 26.4 Å². The molecule has 0 aliphatic carbocycles. The van der Waals surface area contributed by atoms with Crippen LogP contribution in [0.2, 0.25) is 0 Å². The molecule has 0 fully saturated rings. The number of methoxy groups -OCH3 is 2. The minimum atomic E-state index is -0.610. The number of ether oxygens (including phenoxy) is 3. The number of carbonyl (C=O) groups is 2. The van der Waals surface area contributed by atoms with Crippen LogP contribution < -0.4 is 10.1 Å². The van der Waals surface area contributed by atoms with Crippen LogP contribution in [0.5, 0.6) is 5.75 Å². The second-order valence-corrected chi connectivity index (χ2v) is 8.02. The summed E-state index contributed by atoms with van der Waals surface area (Å²) in [6.45, 7) is 4.00. The third kappa shape index (κ3) is 4.99. The fourth-order valence-corrected chi connectivity index (χ4v) is 3.86. The van der Waals surface area contributed by atoms with E-state index in [2.05, 4.69) is 21.2 Å². The van der Waals surface area contributed by atoms with Gasteiger partial charge in [-0.25, -0.2) is 9.59 Å². The first-order valence-electron chi connectivity index (χ1n) is 9.68. The van der Waals surface area contributed by atoms with E-state index < -0.39 is 17.9 Å². The Balaban J connectivity index is 1.90. The van der Waals surface area contributed by atoms with Gasteiger partial charge in [-0.05, 0) is 49.2 Å². The number of benzene rings is 2. The number of nitrogens with one attached hydrogen (secondary N) is 1. The fraction of sp³-hybridized carbons (Fsp3) is 0.250. The Labute approximate surface area is 190 Å². The molecule has 0 unspecified atom stereocenters. The molecule has 0 radical (unpaired) electrons. The van der Waals surface area contributed by atoms with Gasteiger partial charge in [-0.3, -0.25) is 0 Å². The first-order valence-corrected chi connectivity index (χ1v) is 10.5. The maximum absolute atomic E-state index is 12.6. The second-order valence-electron chi connectivity index (χ2n) is 7.10. The van der Waals surface area contributed by atoms with Crippen molar-refractivity contribution in [3.05, 3.63) is 86.7 Å². The first-order chi connectivity index (χ1) is 14.8. The van der Waals surface area contributed by atoms with E-state index in [1.54, 1.807) is 13.8 Å². The van der Waals surface area contributed by atoms with Crippen molar-refractivity contribution in [1.29, 1.82) is 0 Å². The number of halogens is 1. The van der Waals surface area contributed by atoms with Crippen molar-refractivity contribution in [3.8, 4) is 5.75 Å². The Bertz CT molecular complexity index is 1000. The van der Waals surface area contributed by atoms with Crippen LogP contribution in [0.4, 0.5) is 0 Å². The number of carbonyl (C=O) groups excluding carboxylic acids is 2. The van der Waals surface area contributed by atoms with Crippen molar-refractivity contribution < 1.29 is 23.8 Å². The molecule has 6 nitrogen and oxygen atoms in total. The Morgan fingerprint density at radius 3 is 1.87 bits per heavy atom. The Kier molecular flexibility index (Phi) is 7.17. The van der Waals surface area contributed by atoms with Crippen molar-refractivity contribution >= 4 is 27.9 Å². The van der Waals surface area contributed by atoms with Crippen molar-refractivity contribution in [1.82, 2.24) is 5.32 Å². The maximum atomic E-state index is 12.6. The number of dihydropyridines is 1. The lowest BCUT2D eigenvalue weighted by molar-refractivity contribution is -0.137. The van der Waals surface area contributed by atoms with Gasteiger partial charge in [-0.15, -0.1) is 0 Å². The van der Waals surface area contributed by atoms with Gasteiger partial charge in [-0.1, -0.05) is 40.2 Å². The maximum Gasteiger partial charge on any atom is 0.336 e. The minimum absolute atomic E-state index is 0.372. The van der Waals surface area contributed by atoms with Gasteiger partial charge in [0.05, 0.1) is 31.3 Å². The van der Waals surface area contributed by atoms with Gasteiger partial charge in [0.1, 0.15) is 12.4 Å². The molecule has 0 saturated carbocycles. The molecule has 1 N–H and O–H groups in total. The molecule has 0 amide bonds. The van der Waals surface area contributed by atoms with E-state index in [0.717, 1.165) is 15.6 Å². The van der Waals surface area contributed by atoms with E-state index >= 15 is 0 Å². The average Bonchev–Trinajstić information content (AvgIpc) is 2.77. The molecule has 0 saturated heterocycles. The summed E-state index contributed by atoms with van der Waals surface area (Å²) in [5.41, 5.74) is 3.82. The summed E-state index contributed by atoms with van der Waals surface area (Å²) in [6.07, 6.45) is 0.